The lowest BCUT2D eigenvalue weighted by molar-refractivity contribution is -0.145. The Balaban J connectivity index is 2.75. The van der Waals surface area contributed by atoms with E-state index >= 15 is 0 Å². The van der Waals surface area contributed by atoms with E-state index in [1.807, 2.05) is 6.07 Å². The molecule has 0 aliphatic heterocycles. The number of rotatable bonds is 4. The highest BCUT2D eigenvalue weighted by molar-refractivity contribution is 6.31. The van der Waals surface area contributed by atoms with Crippen LogP contribution in [0.15, 0.2) is 18.5 Å². The van der Waals surface area contributed by atoms with Crippen LogP contribution >= 0.6 is 11.6 Å². The van der Waals surface area contributed by atoms with Crippen molar-refractivity contribution in [3.8, 4) is 6.07 Å². The van der Waals surface area contributed by atoms with Crippen molar-refractivity contribution in [1.82, 2.24) is 4.98 Å². The molecule has 1 unspecified atom stereocenters. The van der Waals surface area contributed by atoms with Gasteiger partial charge in [0.2, 0.25) is 0 Å². The second kappa shape index (κ2) is 6.09. The number of nitrogens with zero attached hydrogens (tertiary/aromatic N) is 2. The molecule has 1 aromatic rings. The summed E-state index contributed by atoms with van der Waals surface area (Å²) in [5.74, 6) is -1.34. The first-order valence-corrected chi connectivity index (χ1v) is 5.21. The highest BCUT2D eigenvalue weighted by Gasteiger charge is 2.20. The van der Waals surface area contributed by atoms with E-state index in [1.54, 1.807) is 19.2 Å². The Bertz CT molecular complexity index is 415. The van der Waals surface area contributed by atoms with E-state index in [0.29, 0.717) is 5.02 Å². The first-order chi connectivity index (χ1) is 7.69. The summed E-state index contributed by atoms with van der Waals surface area (Å²) in [6.45, 7) is 1.97. The van der Waals surface area contributed by atoms with Crippen molar-refractivity contribution < 1.29 is 9.53 Å². The standard InChI is InChI=1S/C11H11ClN2O2/c1-2-16-11(15)9(6-13)5-8-3-4-14-7-10(8)12/h3-4,7,9H,2,5H2,1H3. The third-order valence-electron chi connectivity index (χ3n) is 2.01. The molecule has 1 atom stereocenters. The smallest absolute Gasteiger partial charge is 0.323 e. The Labute approximate surface area is 98.8 Å². The molecule has 16 heavy (non-hydrogen) atoms. The van der Waals surface area contributed by atoms with Gasteiger partial charge in [0.1, 0.15) is 5.92 Å². The second-order valence-electron chi connectivity index (χ2n) is 3.10. The Kier molecular flexibility index (Phi) is 4.74. The van der Waals surface area contributed by atoms with Gasteiger partial charge >= 0.3 is 5.97 Å². The molecule has 0 aliphatic rings. The van der Waals surface area contributed by atoms with E-state index < -0.39 is 11.9 Å². The summed E-state index contributed by atoms with van der Waals surface area (Å²) in [6.07, 6.45) is 3.30. The van der Waals surface area contributed by atoms with Crippen LogP contribution in [0.2, 0.25) is 5.02 Å². The number of halogens is 1. The van der Waals surface area contributed by atoms with Gasteiger partial charge in [0, 0.05) is 18.8 Å². The van der Waals surface area contributed by atoms with Crippen molar-refractivity contribution in [3.05, 3.63) is 29.0 Å². The van der Waals surface area contributed by atoms with E-state index in [1.165, 1.54) is 6.20 Å². The van der Waals surface area contributed by atoms with Crippen LogP contribution in [0, 0.1) is 17.2 Å². The van der Waals surface area contributed by atoms with Crippen molar-refractivity contribution >= 4 is 17.6 Å². The molecule has 1 heterocycles. The minimum atomic E-state index is -0.820. The average Bonchev–Trinajstić information content (AvgIpc) is 2.28. The number of hydrogen-bond donors (Lipinski definition) is 0. The molecule has 0 radical (unpaired) electrons. The van der Waals surface area contributed by atoms with Crippen molar-refractivity contribution in [2.45, 2.75) is 13.3 Å². The average molecular weight is 239 g/mol. The third kappa shape index (κ3) is 3.21. The van der Waals surface area contributed by atoms with Crippen LogP contribution in [0.4, 0.5) is 0 Å². The number of hydrogen-bond acceptors (Lipinski definition) is 4. The summed E-state index contributed by atoms with van der Waals surface area (Å²) in [5.41, 5.74) is 0.719. The number of pyridine rings is 1. The van der Waals surface area contributed by atoms with E-state index in [9.17, 15) is 4.79 Å². The SMILES string of the molecule is CCOC(=O)C(C#N)Cc1ccncc1Cl. The number of carbonyl (C=O) groups excluding carboxylic acids is 1. The molecule has 0 spiro atoms. The first kappa shape index (κ1) is 12.5. The normalized spacial score (nSPS) is 11.6. The molecule has 1 rings (SSSR count). The van der Waals surface area contributed by atoms with Crippen molar-refractivity contribution in [3.63, 3.8) is 0 Å². The number of nitriles is 1. The first-order valence-electron chi connectivity index (χ1n) is 4.83. The second-order valence-corrected chi connectivity index (χ2v) is 3.51. The van der Waals surface area contributed by atoms with E-state index in [2.05, 4.69) is 4.98 Å². The molecule has 0 saturated heterocycles. The molecule has 0 aliphatic carbocycles. The lowest BCUT2D eigenvalue weighted by Crippen LogP contribution is -2.18. The van der Waals surface area contributed by atoms with E-state index in [0.717, 1.165) is 5.56 Å². The predicted molar refractivity (Wildman–Crippen MR) is 58.7 cm³/mol. The summed E-state index contributed by atoms with van der Waals surface area (Å²) < 4.78 is 4.79. The third-order valence-corrected chi connectivity index (χ3v) is 2.35. The molecule has 0 fully saturated rings. The lowest BCUT2D eigenvalue weighted by Gasteiger charge is -2.08. The quantitative estimate of drug-likeness (QED) is 0.753. The van der Waals surface area contributed by atoms with Crippen molar-refractivity contribution in [1.29, 1.82) is 5.26 Å². The van der Waals surface area contributed by atoms with Gasteiger partial charge in [0.25, 0.3) is 0 Å². The Hall–Kier alpha value is -1.60. The maximum Gasteiger partial charge on any atom is 0.323 e. The van der Waals surface area contributed by atoms with Crippen LogP contribution in [0.3, 0.4) is 0 Å². The monoisotopic (exact) mass is 238 g/mol. The largest absolute Gasteiger partial charge is 0.465 e. The molecule has 84 valence electrons. The van der Waals surface area contributed by atoms with Crippen LogP contribution in [0.25, 0.3) is 0 Å². The van der Waals surface area contributed by atoms with E-state index in [4.69, 9.17) is 21.6 Å². The number of carbonyl (C=O) groups is 1. The van der Waals surface area contributed by atoms with Gasteiger partial charge in [-0.15, -0.1) is 0 Å². The van der Waals surface area contributed by atoms with Crippen LogP contribution in [0.5, 0.6) is 0 Å². The Morgan fingerprint density at radius 2 is 2.50 bits per heavy atom. The molecule has 0 amide bonds. The minimum Gasteiger partial charge on any atom is -0.465 e. The number of esters is 1. The summed E-state index contributed by atoms with van der Waals surface area (Å²) in [6, 6.07) is 3.60. The van der Waals surface area contributed by atoms with Gasteiger partial charge in [-0.3, -0.25) is 9.78 Å². The molecule has 0 aromatic carbocycles. The van der Waals surface area contributed by atoms with Gasteiger partial charge < -0.3 is 4.74 Å². The zero-order valence-electron chi connectivity index (χ0n) is 8.81. The van der Waals surface area contributed by atoms with Crippen LogP contribution < -0.4 is 0 Å². The Morgan fingerprint density at radius 1 is 1.75 bits per heavy atom. The van der Waals surface area contributed by atoms with Gasteiger partial charge in [0.05, 0.1) is 17.7 Å². The fourth-order valence-corrected chi connectivity index (χ4v) is 1.41. The molecule has 5 heteroatoms. The fraction of sp³-hybridized carbons (Fsp3) is 0.364. The summed E-state index contributed by atoms with van der Waals surface area (Å²) in [5, 5.41) is 9.32. The maximum absolute atomic E-state index is 11.4. The predicted octanol–water partition coefficient (Wildman–Crippen LogP) is 1.98. The molecule has 0 saturated carbocycles. The maximum atomic E-state index is 11.4. The molecule has 4 nitrogen and oxygen atoms in total. The highest BCUT2D eigenvalue weighted by atomic mass is 35.5. The summed E-state index contributed by atoms with van der Waals surface area (Å²) in [7, 11) is 0. The zero-order chi connectivity index (χ0) is 12.0. The summed E-state index contributed by atoms with van der Waals surface area (Å²) in [4.78, 5) is 15.2. The minimum absolute atomic E-state index is 0.247. The molecular weight excluding hydrogens is 228 g/mol. The highest BCUT2D eigenvalue weighted by Crippen LogP contribution is 2.18. The van der Waals surface area contributed by atoms with Crippen LogP contribution in [-0.4, -0.2) is 17.6 Å². The Morgan fingerprint density at radius 3 is 3.06 bits per heavy atom. The molecular formula is C11H11ClN2O2. The van der Waals surface area contributed by atoms with Crippen molar-refractivity contribution in [2.75, 3.05) is 6.61 Å². The van der Waals surface area contributed by atoms with E-state index in [-0.39, 0.29) is 13.0 Å². The van der Waals surface area contributed by atoms with Gasteiger partial charge in [-0.25, -0.2) is 0 Å². The fourth-order valence-electron chi connectivity index (χ4n) is 1.21. The van der Waals surface area contributed by atoms with Crippen LogP contribution in [-0.2, 0) is 16.0 Å². The topological polar surface area (TPSA) is 63.0 Å². The molecule has 0 N–H and O–H groups in total. The van der Waals surface area contributed by atoms with Gasteiger partial charge in [-0.2, -0.15) is 5.26 Å². The van der Waals surface area contributed by atoms with Gasteiger partial charge in [-0.05, 0) is 18.6 Å². The zero-order valence-corrected chi connectivity index (χ0v) is 9.57. The van der Waals surface area contributed by atoms with Crippen LogP contribution in [0.1, 0.15) is 12.5 Å². The molecule has 0 bridgehead atoms. The number of aromatic nitrogens is 1. The summed E-state index contributed by atoms with van der Waals surface area (Å²) >= 11 is 5.88. The van der Waals surface area contributed by atoms with Crippen molar-refractivity contribution in [2.24, 2.45) is 5.92 Å². The van der Waals surface area contributed by atoms with Gasteiger partial charge in [0.15, 0.2) is 0 Å². The lowest BCUT2D eigenvalue weighted by atomic mass is 10.0. The molecule has 1 aromatic heterocycles. The number of ether oxygens (including phenoxy) is 1. The van der Waals surface area contributed by atoms with Gasteiger partial charge in [-0.1, -0.05) is 11.6 Å².